The molecule has 1 aliphatic carbocycles. The van der Waals surface area contributed by atoms with Crippen molar-refractivity contribution in [2.24, 2.45) is 5.73 Å². The summed E-state index contributed by atoms with van der Waals surface area (Å²) in [5, 5.41) is 4.78. The second kappa shape index (κ2) is 4.37. The third-order valence-corrected chi connectivity index (χ3v) is 4.23. The Balaban J connectivity index is 1.99. The summed E-state index contributed by atoms with van der Waals surface area (Å²) in [7, 11) is 0. The van der Waals surface area contributed by atoms with Crippen LogP contribution < -0.4 is 5.73 Å². The average Bonchev–Trinajstić information content (AvgIpc) is 2.82. The van der Waals surface area contributed by atoms with Crippen LogP contribution in [0.1, 0.15) is 24.8 Å². The highest BCUT2D eigenvalue weighted by molar-refractivity contribution is 6.32. The van der Waals surface area contributed by atoms with Gasteiger partial charge in [-0.1, -0.05) is 24.1 Å². The zero-order valence-electron chi connectivity index (χ0n) is 10.0. The van der Waals surface area contributed by atoms with Gasteiger partial charge >= 0.3 is 0 Å². The molecule has 1 saturated carbocycles. The van der Waals surface area contributed by atoms with Crippen LogP contribution in [-0.2, 0) is 5.41 Å². The van der Waals surface area contributed by atoms with Crippen LogP contribution in [0.15, 0.2) is 30.9 Å². The predicted molar refractivity (Wildman–Crippen MR) is 71.0 cm³/mol. The quantitative estimate of drug-likeness (QED) is 0.923. The molecular formula is C13H15ClN4. The topological polar surface area (TPSA) is 56.7 Å². The van der Waals surface area contributed by atoms with Gasteiger partial charge in [0.2, 0.25) is 0 Å². The Morgan fingerprint density at radius 2 is 2.22 bits per heavy atom. The highest BCUT2D eigenvalue weighted by atomic mass is 35.5. The number of nitrogens with zero attached hydrogens (tertiary/aromatic N) is 3. The molecule has 1 fully saturated rings. The molecule has 2 N–H and O–H groups in total. The van der Waals surface area contributed by atoms with Crippen molar-refractivity contribution in [2.75, 3.05) is 6.54 Å². The van der Waals surface area contributed by atoms with E-state index < -0.39 is 0 Å². The second-order valence-electron chi connectivity index (χ2n) is 4.84. The van der Waals surface area contributed by atoms with Crippen LogP contribution in [0.25, 0.3) is 5.69 Å². The van der Waals surface area contributed by atoms with Crippen LogP contribution in [-0.4, -0.2) is 21.3 Å². The molecule has 3 rings (SSSR count). The van der Waals surface area contributed by atoms with E-state index in [-0.39, 0.29) is 5.41 Å². The van der Waals surface area contributed by atoms with E-state index in [0.29, 0.717) is 11.6 Å². The van der Waals surface area contributed by atoms with Gasteiger partial charge in [0.15, 0.2) is 0 Å². The Labute approximate surface area is 111 Å². The van der Waals surface area contributed by atoms with E-state index in [0.717, 1.165) is 18.5 Å². The van der Waals surface area contributed by atoms with E-state index in [9.17, 15) is 0 Å². The molecule has 18 heavy (non-hydrogen) atoms. The highest BCUT2D eigenvalue weighted by Crippen LogP contribution is 2.43. The van der Waals surface area contributed by atoms with Gasteiger partial charge < -0.3 is 5.73 Å². The van der Waals surface area contributed by atoms with Crippen molar-refractivity contribution >= 4 is 11.6 Å². The standard InChI is InChI=1S/C13H15ClN4/c14-11-6-10(13(7-15)4-1-5-13)2-3-12(11)18-9-16-8-17-18/h2-3,6,8-9H,1,4-5,7,15H2. The largest absolute Gasteiger partial charge is 0.330 e. The Morgan fingerprint density at radius 3 is 2.72 bits per heavy atom. The van der Waals surface area contributed by atoms with Crippen molar-refractivity contribution in [2.45, 2.75) is 24.7 Å². The summed E-state index contributed by atoms with van der Waals surface area (Å²) in [6, 6.07) is 6.11. The molecule has 1 heterocycles. The van der Waals surface area contributed by atoms with E-state index in [1.54, 1.807) is 11.0 Å². The van der Waals surface area contributed by atoms with Crippen LogP contribution in [0.2, 0.25) is 5.02 Å². The summed E-state index contributed by atoms with van der Waals surface area (Å²) in [5.74, 6) is 0. The maximum Gasteiger partial charge on any atom is 0.138 e. The Bertz CT molecular complexity index is 541. The fourth-order valence-electron chi connectivity index (χ4n) is 2.57. The molecule has 0 bridgehead atoms. The number of aromatic nitrogens is 3. The molecule has 5 heteroatoms. The number of hydrogen-bond donors (Lipinski definition) is 1. The van der Waals surface area contributed by atoms with E-state index in [2.05, 4.69) is 16.1 Å². The molecule has 1 aliphatic rings. The monoisotopic (exact) mass is 262 g/mol. The smallest absolute Gasteiger partial charge is 0.138 e. The van der Waals surface area contributed by atoms with Gasteiger partial charge in [-0.2, -0.15) is 5.10 Å². The maximum absolute atomic E-state index is 6.34. The highest BCUT2D eigenvalue weighted by Gasteiger charge is 2.37. The molecule has 0 atom stereocenters. The van der Waals surface area contributed by atoms with E-state index >= 15 is 0 Å². The number of nitrogens with two attached hydrogens (primary N) is 1. The van der Waals surface area contributed by atoms with Crippen LogP contribution in [0.3, 0.4) is 0 Å². The normalized spacial score (nSPS) is 17.4. The van der Waals surface area contributed by atoms with E-state index in [1.165, 1.54) is 18.3 Å². The molecule has 1 aromatic carbocycles. The van der Waals surface area contributed by atoms with Crippen molar-refractivity contribution in [1.82, 2.24) is 14.8 Å². The summed E-state index contributed by atoms with van der Waals surface area (Å²) in [4.78, 5) is 3.93. The first-order valence-corrected chi connectivity index (χ1v) is 6.48. The van der Waals surface area contributed by atoms with Crippen LogP contribution >= 0.6 is 11.6 Å². The lowest BCUT2D eigenvalue weighted by atomic mass is 9.64. The van der Waals surface area contributed by atoms with E-state index in [1.807, 2.05) is 12.1 Å². The molecule has 0 radical (unpaired) electrons. The van der Waals surface area contributed by atoms with Gasteiger partial charge in [-0.05, 0) is 30.5 Å². The summed E-state index contributed by atoms with van der Waals surface area (Å²) < 4.78 is 1.67. The summed E-state index contributed by atoms with van der Waals surface area (Å²) in [5.41, 5.74) is 8.15. The summed E-state index contributed by atoms with van der Waals surface area (Å²) in [6.07, 6.45) is 6.70. The zero-order valence-corrected chi connectivity index (χ0v) is 10.8. The zero-order chi connectivity index (χ0) is 12.6. The van der Waals surface area contributed by atoms with Crippen LogP contribution in [0.5, 0.6) is 0 Å². The van der Waals surface area contributed by atoms with Crippen molar-refractivity contribution in [3.63, 3.8) is 0 Å². The maximum atomic E-state index is 6.34. The Hall–Kier alpha value is -1.39. The molecule has 0 aliphatic heterocycles. The van der Waals surface area contributed by atoms with Crippen LogP contribution in [0, 0.1) is 0 Å². The Kier molecular flexibility index (Phi) is 2.84. The van der Waals surface area contributed by atoms with E-state index in [4.69, 9.17) is 17.3 Å². The fourth-order valence-corrected chi connectivity index (χ4v) is 2.84. The molecule has 2 aromatic rings. The van der Waals surface area contributed by atoms with Gasteiger partial charge in [0, 0.05) is 12.0 Å². The lowest BCUT2D eigenvalue weighted by molar-refractivity contribution is 0.253. The van der Waals surface area contributed by atoms with Crippen LogP contribution in [0.4, 0.5) is 0 Å². The first-order valence-electron chi connectivity index (χ1n) is 6.10. The lowest BCUT2D eigenvalue weighted by Gasteiger charge is -2.41. The van der Waals surface area contributed by atoms with Gasteiger partial charge in [-0.25, -0.2) is 9.67 Å². The third-order valence-electron chi connectivity index (χ3n) is 3.93. The molecule has 0 spiro atoms. The lowest BCUT2D eigenvalue weighted by Crippen LogP contribution is -2.41. The van der Waals surface area contributed by atoms with Gasteiger partial charge in [0.1, 0.15) is 12.7 Å². The molecular weight excluding hydrogens is 248 g/mol. The minimum atomic E-state index is 0.143. The average molecular weight is 263 g/mol. The number of benzene rings is 1. The van der Waals surface area contributed by atoms with Crippen molar-refractivity contribution in [3.8, 4) is 5.69 Å². The number of halogens is 1. The van der Waals surface area contributed by atoms with Gasteiger partial charge in [0.25, 0.3) is 0 Å². The first-order chi connectivity index (χ1) is 8.75. The molecule has 4 nitrogen and oxygen atoms in total. The summed E-state index contributed by atoms with van der Waals surface area (Å²) >= 11 is 6.34. The molecule has 0 unspecified atom stereocenters. The molecule has 0 amide bonds. The fraction of sp³-hybridized carbons (Fsp3) is 0.385. The number of rotatable bonds is 3. The molecule has 1 aromatic heterocycles. The Morgan fingerprint density at radius 1 is 1.39 bits per heavy atom. The molecule has 94 valence electrons. The van der Waals surface area contributed by atoms with Gasteiger partial charge in [-0.15, -0.1) is 0 Å². The SMILES string of the molecule is NCC1(c2ccc(-n3cncn3)c(Cl)c2)CCC1. The first kappa shape index (κ1) is 11.7. The summed E-state index contributed by atoms with van der Waals surface area (Å²) in [6.45, 7) is 0.687. The van der Waals surface area contributed by atoms with Crippen molar-refractivity contribution in [1.29, 1.82) is 0 Å². The molecule has 0 saturated heterocycles. The van der Waals surface area contributed by atoms with Gasteiger partial charge in [0.05, 0.1) is 10.7 Å². The minimum absolute atomic E-state index is 0.143. The van der Waals surface area contributed by atoms with Crippen molar-refractivity contribution in [3.05, 3.63) is 41.4 Å². The number of hydrogen-bond acceptors (Lipinski definition) is 3. The predicted octanol–water partition coefficient (Wildman–Crippen LogP) is 2.30. The van der Waals surface area contributed by atoms with Gasteiger partial charge in [-0.3, -0.25) is 0 Å². The minimum Gasteiger partial charge on any atom is -0.330 e. The second-order valence-corrected chi connectivity index (χ2v) is 5.25. The third kappa shape index (κ3) is 1.72. The van der Waals surface area contributed by atoms with Crippen molar-refractivity contribution < 1.29 is 0 Å².